The van der Waals surface area contributed by atoms with Crippen molar-refractivity contribution in [1.29, 1.82) is 0 Å². The molecule has 0 spiro atoms. The van der Waals surface area contributed by atoms with Crippen LogP contribution in [0.1, 0.15) is 18.9 Å². The maximum absolute atomic E-state index is 9.96. The van der Waals surface area contributed by atoms with Crippen LogP contribution in [-0.2, 0) is 0 Å². The first-order chi connectivity index (χ1) is 10.2. The molecule has 2 heterocycles. The van der Waals surface area contributed by atoms with E-state index in [0.29, 0.717) is 11.8 Å². The standard InChI is InChI=1S/C16H21N3O2/c1-18-8-5-13(6-9-18)19-10-7-17-16(19)12-3-4-15(21-2)14(20)11-12/h3-4,7,10-11,13,20H,5-6,8-9H2,1-2H3. The van der Waals surface area contributed by atoms with E-state index in [4.69, 9.17) is 4.74 Å². The number of likely N-dealkylation sites (tertiary alicyclic amines) is 1. The molecule has 1 N–H and O–H groups in total. The summed E-state index contributed by atoms with van der Waals surface area (Å²) < 4.78 is 7.32. The van der Waals surface area contributed by atoms with Gasteiger partial charge in [-0.15, -0.1) is 0 Å². The van der Waals surface area contributed by atoms with Crippen LogP contribution in [0.5, 0.6) is 11.5 Å². The normalized spacial score (nSPS) is 17.0. The lowest BCUT2D eigenvalue weighted by Gasteiger charge is -2.30. The van der Waals surface area contributed by atoms with Gasteiger partial charge in [-0.1, -0.05) is 0 Å². The van der Waals surface area contributed by atoms with Gasteiger partial charge in [-0.25, -0.2) is 4.98 Å². The lowest BCUT2D eigenvalue weighted by molar-refractivity contribution is 0.222. The highest BCUT2D eigenvalue weighted by Crippen LogP contribution is 2.33. The summed E-state index contributed by atoms with van der Waals surface area (Å²) in [6, 6.07) is 5.90. The van der Waals surface area contributed by atoms with Gasteiger partial charge in [0.25, 0.3) is 0 Å². The number of imidazole rings is 1. The number of ether oxygens (including phenoxy) is 1. The Balaban J connectivity index is 1.90. The SMILES string of the molecule is COc1ccc(-c2nccn2C2CCN(C)CC2)cc1O. The molecule has 5 heteroatoms. The van der Waals surface area contributed by atoms with Crippen molar-refractivity contribution >= 4 is 0 Å². The third-order valence-corrected chi connectivity index (χ3v) is 4.19. The summed E-state index contributed by atoms with van der Waals surface area (Å²) in [6.45, 7) is 2.21. The first-order valence-corrected chi connectivity index (χ1v) is 7.28. The van der Waals surface area contributed by atoms with Crippen molar-refractivity contribution in [3.05, 3.63) is 30.6 Å². The van der Waals surface area contributed by atoms with Crippen molar-refractivity contribution in [3.8, 4) is 22.9 Å². The van der Waals surface area contributed by atoms with Gasteiger partial charge in [0.2, 0.25) is 0 Å². The van der Waals surface area contributed by atoms with Gasteiger partial charge in [0.05, 0.1) is 7.11 Å². The molecule has 0 radical (unpaired) electrons. The third kappa shape index (κ3) is 2.74. The Kier molecular flexibility index (Phi) is 3.84. The zero-order valence-electron chi connectivity index (χ0n) is 12.5. The fraction of sp³-hybridized carbons (Fsp3) is 0.438. The number of rotatable bonds is 3. The fourth-order valence-electron chi connectivity index (χ4n) is 2.93. The van der Waals surface area contributed by atoms with E-state index in [1.807, 2.05) is 18.5 Å². The molecule has 1 aliphatic heterocycles. The van der Waals surface area contributed by atoms with E-state index < -0.39 is 0 Å². The predicted molar refractivity (Wildman–Crippen MR) is 81.6 cm³/mol. The summed E-state index contributed by atoms with van der Waals surface area (Å²) in [5.41, 5.74) is 0.914. The average Bonchev–Trinajstić information content (AvgIpc) is 2.97. The lowest BCUT2D eigenvalue weighted by atomic mass is 10.0. The zero-order valence-corrected chi connectivity index (χ0v) is 12.5. The molecule has 1 aliphatic rings. The van der Waals surface area contributed by atoms with Gasteiger partial charge in [-0.2, -0.15) is 0 Å². The third-order valence-electron chi connectivity index (χ3n) is 4.19. The number of aromatic nitrogens is 2. The van der Waals surface area contributed by atoms with Gasteiger partial charge in [0.15, 0.2) is 11.5 Å². The molecule has 1 aromatic carbocycles. The van der Waals surface area contributed by atoms with Crippen LogP contribution in [0, 0.1) is 0 Å². The monoisotopic (exact) mass is 287 g/mol. The van der Waals surface area contributed by atoms with Crippen molar-refractivity contribution in [3.63, 3.8) is 0 Å². The highest BCUT2D eigenvalue weighted by molar-refractivity contribution is 5.61. The minimum absolute atomic E-state index is 0.146. The molecule has 0 saturated carbocycles. The van der Waals surface area contributed by atoms with Gasteiger partial charge < -0.3 is 19.3 Å². The number of phenols is 1. The number of piperidine rings is 1. The van der Waals surface area contributed by atoms with Crippen LogP contribution in [0.15, 0.2) is 30.6 Å². The molecule has 1 fully saturated rings. The highest BCUT2D eigenvalue weighted by Gasteiger charge is 2.21. The highest BCUT2D eigenvalue weighted by atomic mass is 16.5. The van der Waals surface area contributed by atoms with Crippen molar-refractivity contribution in [1.82, 2.24) is 14.5 Å². The molecule has 0 aliphatic carbocycles. The first-order valence-electron chi connectivity index (χ1n) is 7.28. The minimum Gasteiger partial charge on any atom is -0.504 e. The zero-order chi connectivity index (χ0) is 14.8. The Morgan fingerprint density at radius 1 is 1.29 bits per heavy atom. The largest absolute Gasteiger partial charge is 0.504 e. The van der Waals surface area contributed by atoms with Crippen LogP contribution >= 0.6 is 0 Å². The van der Waals surface area contributed by atoms with E-state index in [-0.39, 0.29) is 5.75 Å². The number of benzene rings is 1. The molecule has 1 aromatic heterocycles. The van der Waals surface area contributed by atoms with Gasteiger partial charge in [0.1, 0.15) is 5.82 Å². The van der Waals surface area contributed by atoms with Crippen LogP contribution < -0.4 is 4.74 Å². The van der Waals surface area contributed by atoms with Gasteiger partial charge in [-0.05, 0) is 51.2 Å². The summed E-state index contributed by atoms with van der Waals surface area (Å²) in [5, 5.41) is 9.96. The summed E-state index contributed by atoms with van der Waals surface area (Å²) in [5.74, 6) is 1.53. The Bertz CT molecular complexity index is 616. The van der Waals surface area contributed by atoms with E-state index in [2.05, 4.69) is 21.5 Å². The minimum atomic E-state index is 0.146. The van der Waals surface area contributed by atoms with Crippen LogP contribution in [0.2, 0.25) is 0 Å². The van der Waals surface area contributed by atoms with E-state index in [1.54, 1.807) is 19.2 Å². The van der Waals surface area contributed by atoms with Crippen molar-refractivity contribution in [2.24, 2.45) is 0 Å². The molecular weight excluding hydrogens is 266 g/mol. The van der Waals surface area contributed by atoms with E-state index in [9.17, 15) is 5.11 Å². The molecule has 1 saturated heterocycles. The second-order valence-electron chi connectivity index (χ2n) is 5.58. The Morgan fingerprint density at radius 2 is 2.05 bits per heavy atom. The number of phenolic OH excluding ortho intramolecular Hbond substituents is 1. The smallest absolute Gasteiger partial charge is 0.160 e. The lowest BCUT2D eigenvalue weighted by Crippen LogP contribution is -2.31. The molecule has 3 rings (SSSR count). The van der Waals surface area contributed by atoms with Gasteiger partial charge >= 0.3 is 0 Å². The Morgan fingerprint density at radius 3 is 2.71 bits per heavy atom. The maximum Gasteiger partial charge on any atom is 0.160 e. The van der Waals surface area contributed by atoms with Crippen LogP contribution in [0.4, 0.5) is 0 Å². The first kappa shape index (κ1) is 13.9. The Labute approximate surface area is 124 Å². The number of hydrogen-bond acceptors (Lipinski definition) is 4. The summed E-state index contributed by atoms with van der Waals surface area (Å²) in [4.78, 5) is 6.83. The van der Waals surface area contributed by atoms with Crippen molar-refractivity contribution in [2.45, 2.75) is 18.9 Å². The van der Waals surface area contributed by atoms with Gasteiger partial charge in [0, 0.05) is 24.0 Å². The molecule has 0 amide bonds. The molecule has 0 bridgehead atoms. The number of hydrogen-bond donors (Lipinski definition) is 1. The van der Waals surface area contributed by atoms with Crippen molar-refractivity contribution < 1.29 is 9.84 Å². The fourth-order valence-corrected chi connectivity index (χ4v) is 2.93. The van der Waals surface area contributed by atoms with Crippen molar-refractivity contribution in [2.75, 3.05) is 27.2 Å². The maximum atomic E-state index is 9.96. The van der Waals surface area contributed by atoms with Crippen LogP contribution in [0.3, 0.4) is 0 Å². The van der Waals surface area contributed by atoms with Crippen LogP contribution in [-0.4, -0.2) is 46.8 Å². The predicted octanol–water partition coefficient (Wildman–Crippen LogP) is 2.53. The Hall–Kier alpha value is -2.01. The second-order valence-corrected chi connectivity index (χ2v) is 5.58. The number of nitrogens with zero attached hydrogens (tertiary/aromatic N) is 3. The molecule has 0 unspecified atom stereocenters. The van der Waals surface area contributed by atoms with Crippen LogP contribution in [0.25, 0.3) is 11.4 Å². The van der Waals surface area contributed by atoms with E-state index in [1.165, 1.54) is 0 Å². The molecule has 112 valence electrons. The topological polar surface area (TPSA) is 50.5 Å². The number of methoxy groups -OCH3 is 1. The summed E-state index contributed by atoms with van der Waals surface area (Å²) in [7, 11) is 3.71. The molecule has 2 aromatic rings. The second kappa shape index (κ2) is 5.77. The number of aromatic hydroxyl groups is 1. The molecule has 0 atom stereocenters. The van der Waals surface area contributed by atoms with Gasteiger partial charge in [-0.3, -0.25) is 0 Å². The van der Waals surface area contributed by atoms with E-state index >= 15 is 0 Å². The van der Waals surface area contributed by atoms with E-state index in [0.717, 1.165) is 37.3 Å². The quantitative estimate of drug-likeness (QED) is 0.942. The average molecular weight is 287 g/mol. The summed E-state index contributed by atoms with van der Waals surface area (Å²) >= 11 is 0. The molecular formula is C16H21N3O2. The molecule has 21 heavy (non-hydrogen) atoms. The summed E-state index contributed by atoms with van der Waals surface area (Å²) in [6.07, 6.45) is 6.12. The molecule has 5 nitrogen and oxygen atoms in total.